The molecule has 6 amide bonds. The van der Waals surface area contributed by atoms with Crippen LogP contribution in [0.2, 0.25) is 15.1 Å². The van der Waals surface area contributed by atoms with Crippen molar-refractivity contribution in [2.75, 3.05) is 18.8 Å². The lowest BCUT2D eigenvalue weighted by Crippen LogP contribution is -2.55. The minimum Gasteiger partial charge on any atom is -0.399 e. The van der Waals surface area contributed by atoms with E-state index in [1.165, 1.54) is 61.6 Å². The van der Waals surface area contributed by atoms with Crippen LogP contribution in [0.3, 0.4) is 0 Å². The predicted octanol–water partition coefficient (Wildman–Crippen LogP) is 4.01. The quantitative estimate of drug-likeness (QED) is 0.0715. The lowest BCUT2D eigenvalue weighted by Gasteiger charge is -2.41. The molecule has 8 rings (SSSR count). The van der Waals surface area contributed by atoms with Gasteiger partial charge in [-0.25, -0.2) is 8.78 Å². The molecule has 2 aromatic heterocycles. The van der Waals surface area contributed by atoms with Gasteiger partial charge >= 0.3 is 0 Å². The number of hydrogen-bond acceptors (Lipinski definition) is 10. The summed E-state index contributed by atoms with van der Waals surface area (Å²) in [7, 11) is 0. The molecular weight excluding hydrogens is 949 g/mol. The Balaban J connectivity index is 1.00. The van der Waals surface area contributed by atoms with E-state index in [1.807, 2.05) is 0 Å². The summed E-state index contributed by atoms with van der Waals surface area (Å²) in [4.78, 5) is 82.1. The van der Waals surface area contributed by atoms with E-state index in [1.54, 1.807) is 18.2 Å². The molecule has 0 bridgehead atoms. The largest absolute Gasteiger partial charge is 0.399 e. The number of halogens is 5. The highest BCUT2D eigenvalue weighted by Gasteiger charge is 2.37. The minimum absolute atomic E-state index is 0.0709. The molecule has 2 saturated carbocycles. The monoisotopic (exact) mass is 990 g/mol. The number of aromatic nitrogens is 4. The maximum absolute atomic E-state index is 15.8. The number of benzene rings is 4. The van der Waals surface area contributed by atoms with Crippen molar-refractivity contribution in [2.45, 2.75) is 70.0 Å². The number of anilines is 1. The smallest absolute Gasteiger partial charge is 0.269 e. The molecule has 0 saturated heterocycles. The zero-order chi connectivity index (χ0) is 48.7. The molecule has 2 aliphatic carbocycles. The number of nitrogen functional groups attached to an aromatic ring is 1. The SMILES string of the molecule is NC(=O)c1nn(CC(=O)N(CC(=O)NCc2cc(-c3cc(Cl)cc4c3c(C(N)=O)nn4CC(=O)N(CC(=O)NCc3cccc(Cl)c3F)C3CC3)cc(Cl)c2F)C2CC(N)C2)c2ccc(N)cc12. The number of nitrogens with zero attached hydrogens (tertiary/aromatic N) is 6. The molecule has 0 radical (unpaired) electrons. The van der Waals surface area contributed by atoms with Crippen molar-refractivity contribution in [2.24, 2.45) is 17.2 Å². The molecule has 68 heavy (non-hydrogen) atoms. The van der Waals surface area contributed by atoms with Gasteiger partial charge in [-0.2, -0.15) is 10.2 Å². The molecule has 10 N–H and O–H groups in total. The zero-order valence-corrected chi connectivity index (χ0v) is 38.2. The average molecular weight is 992 g/mol. The Hall–Kier alpha value is -6.87. The Morgan fingerprint density at radius 3 is 1.91 bits per heavy atom. The van der Waals surface area contributed by atoms with Crippen LogP contribution in [0.1, 0.15) is 57.8 Å². The van der Waals surface area contributed by atoms with Gasteiger partial charge < -0.3 is 43.4 Å². The number of rotatable bonds is 17. The van der Waals surface area contributed by atoms with Crippen molar-refractivity contribution in [1.29, 1.82) is 0 Å². The molecule has 23 heteroatoms. The van der Waals surface area contributed by atoms with Crippen LogP contribution in [0.15, 0.2) is 60.7 Å². The molecular formula is C45H43Cl3F2N12O6. The summed E-state index contributed by atoms with van der Waals surface area (Å²) in [5, 5.41) is 14.1. The summed E-state index contributed by atoms with van der Waals surface area (Å²) in [5.41, 5.74) is 24.6. The number of carbonyl (C=O) groups excluding carboxylic acids is 6. The summed E-state index contributed by atoms with van der Waals surface area (Å²) in [6.07, 6.45) is 2.13. The second-order valence-electron chi connectivity index (χ2n) is 16.7. The van der Waals surface area contributed by atoms with Crippen LogP contribution in [-0.4, -0.2) is 96.0 Å². The fourth-order valence-corrected chi connectivity index (χ4v) is 8.91. The third kappa shape index (κ3) is 10.0. The highest BCUT2D eigenvalue weighted by molar-refractivity contribution is 6.33. The standard InChI is InChI=1S/C45H43Cl3F2N12O6/c46-24-10-29(39-34(11-24)62(58-43(39)45(54)68)20-37(65)59(27-5-6-27)17-35(63)55-15-21-2-1-3-31(47)40(21)49)22-8-23(41(50)32(48)9-22)16-56-36(64)18-60(28-12-26(52)13-28)38(66)19-61-33-7-4-25(51)14-30(33)42(57-61)44(53)67/h1-4,7-11,14,26-28H,5-6,12-13,15-20,51-52H2,(H2,53,67)(H2,54,68)(H,55,63)(H,56,64). The van der Waals surface area contributed by atoms with Gasteiger partial charge in [0.1, 0.15) is 24.7 Å². The molecule has 2 aliphatic rings. The van der Waals surface area contributed by atoms with Gasteiger partial charge in [0.25, 0.3) is 11.8 Å². The number of carbonyl (C=O) groups is 6. The summed E-state index contributed by atoms with van der Waals surface area (Å²) >= 11 is 18.9. The topological polar surface area (TPSA) is 273 Å². The van der Waals surface area contributed by atoms with Crippen LogP contribution in [0.5, 0.6) is 0 Å². The van der Waals surface area contributed by atoms with Gasteiger partial charge in [-0.1, -0.05) is 46.9 Å². The maximum Gasteiger partial charge on any atom is 0.269 e. The first-order valence-electron chi connectivity index (χ1n) is 21.2. The van der Waals surface area contributed by atoms with E-state index >= 15 is 4.39 Å². The van der Waals surface area contributed by atoms with Crippen LogP contribution in [0.4, 0.5) is 14.5 Å². The molecule has 18 nitrogen and oxygen atoms in total. The zero-order valence-electron chi connectivity index (χ0n) is 35.9. The Labute approximate surface area is 400 Å². The summed E-state index contributed by atoms with van der Waals surface area (Å²) in [6.45, 7) is -2.11. The molecule has 0 atom stereocenters. The van der Waals surface area contributed by atoms with Crippen LogP contribution in [0.25, 0.3) is 32.9 Å². The van der Waals surface area contributed by atoms with Crippen molar-refractivity contribution >= 4 is 97.7 Å². The van der Waals surface area contributed by atoms with Crippen LogP contribution >= 0.6 is 34.8 Å². The van der Waals surface area contributed by atoms with E-state index in [-0.39, 0.29) is 97.4 Å². The van der Waals surface area contributed by atoms with Crippen LogP contribution < -0.4 is 33.6 Å². The van der Waals surface area contributed by atoms with Crippen molar-refractivity contribution in [3.05, 3.63) is 110 Å². The molecule has 2 heterocycles. The number of hydrogen-bond donors (Lipinski definition) is 6. The predicted molar refractivity (Wildman–Crippen MR) is 249 cm³/mol. The second-order valence-corrected chi connectivity index (χ2v) is 18.0. The first kappa shape index (κ1) is 47.6. The number of primary amides is 2. The molecule has 4 aromatic carbocycles. The average Bonchev–Trinajstić information content (AvgIpc) is 3.97. The number of fused-ring (bicyclic) bond motifs is 2. The Kier molecular flexibility index (Phi) is 13.6. The van der Waals surface area contributed by atoms with Crippen molar-refractivity contribution < 1.29 is 37.5 Å². The molecule has 2 fully saturated rings. The summed E-state index contributed by atoms with van der Waals surface area (Å²) < 4.78 is 32.7. The van der Waals surface area contributed by atoms with Crippen molar-refractivity contribution in [3.63, 3.8) is 0 Å². The number of amides is 6. The number of nitrogens with one attached hydrogen (secondary N) is 2. The fourth-order valence-electron chi connectivity index (χ4n) is 8.26. The summed E-state index contributed by atoms with van der Waals surface area (Å²) in [6, 6.07) is 13.9. The van der Waals surface area contributed by atoms with E-state index in [0.717, 1.165) is 0 Å². The van der Waals surface area contributed by atoms with Crippen molar-refractivity contribution in [1.82, 2.24) is 40.0 Å². The van der Waals surface area contributed by atoms with Gasteiger partial charge in [0.15, 0.2) is 11.4 Å². The molecule has 0 spiro atoms. The summed E-state index contributed by atoms with van der Waals surface area (Å²) in [5.74, 6) is -5.50. The molecule has 0 unspecified atom stereocenters. The highest BCUT2D eigenvalue weighted by Crippen LogP contribution is 2.38. The van der Waals surface area contributed by atoms with E-state index in [9.17, 15) is 33.2 Å². The van der Waals surface area contributed by atoms with E-state index in [4.69, 9.17) is 57.7 Å². The van der Waals surface area contributed by atoms with Crippen molar-refractivity contribution in [3.8, 4) is 11.1 Å². The first-order chi connectivity index (χ1) is 32.4. The maximum atomic E-state index is 15.8. The first-order valence-corrected chi connectivity index (χ1v) is 22.3. The molecule has 0 aliphatic heterocycles. The molecule has 6 aromatic rings. The van der Waals surface area contributed by atoms with Gasteiger partial charge in [-0.05, 0) is 85.3 Å². The van der Waals surface area contributed by atoms with Gasteiger partial charge in [-0.3, -0.25) is 38.1 Å². The highest BCUT2D eigenvalue weighted by atomic mass is 35.5. The van der Waals surface area contributed by atoms with E-state index in [2.05, 4.69) is 20.8 Å². The van der Waals surface area contributed by atoms with Gasteiger partial charge in [0, 0.05) is 63.8 Å². The van der Waals surface area contributed by atoms with Gasteiger partial charge in [0.2, 0.25) is 23.6 Å². The Morgan fingerprint density at radius 1 is 0.706 bits per heavy atom. The molecule has 354 valence electrons. The van der Waals surface area contributed by atoms with Crippen LogP contribution in [-0.2, 0) is 45.4 Å². The Morgan fingerprint density at radius 2 is 1.29 bits per heavy atom. The lowest BCUT2D eigenvalue weighted by atomic mass is 9.86. The normalized spacial score (nSPS) is 15.5. The van der Waals surface area contributed by atoms with E-state index in [0.29, 0.717) is 42.3 Å². The third-order valence-corrected chi connectivity index (χ3v) is 12.7. The third-order valence-electron chi connectivity index (χ3n) is 11.9. The van der Waals surface area contributed by atoms with Gasteiger partial charge in [0.05, 0.1) is 34.2 Å². The van der Waals surface area contributed by atoms with Crippen LogP contribution in [0, 0.1) is 11.6 Å². The minimum atomic E-state index is -0.956. The second kappa shape index (κ2) is 19.4. The lowest BCUT2D eigenvalue weighted by molar-refractivity contribution is -0.141. The van der Waals surface area contributed by atoms with Gasteiger partial charge in [-0.15, -0.1) is 0 Å². The Bertz CT molecular complexity index is 3060. The van der Waals surface area contributed by atoms with E-state index < -0.39 is 66.7 Å². The fraction of sp³-hybridized carbons (Fsp3) is 0.289. The number of nitrogens with two attached hydrogens (primary N) is 4.